The molecule has 0 atom stereocenters. The normalized spacial score (nSPS) is 10.3. The number of carbonyl (C=O) groups is 1. The molecule has 0 unspecified atom stereocenters. The third-order valence-electron chi connectivity index (χ3n) is 4.34. The molecule has 0 bridgehead atoms. The van der Waals surface area contributed by atoms with Gasteiger partial charge in [-0.15, -0.1) is 0 Å². The first-order chi connectivity index (χ1) is 16.8. The molecule has 0 saturated heterocycles. The zero-order valence-electron chi connectivity index (χ0n) is 18.5. The number of carboxylic acids is 1. The summed E-state index contributed by atoms with van der Waals surface area (Å²) >= 11 is 5.84. The van der Waals surface area contributed by atoms with Crippen LogP contribution in [0.5, 0.6) is 0 Å². The fourth-order valence-corrected chi connectivity index (χ4v) is 3.88. The maximum Gasteiger partial charge on any atom is 0.337 e. The number of aliphatic hydroxyl groups excluding tert-OH is 1. The minimum Gasteiger partial charge on any atom is -0.478 e. The van der Waals surface area contributed by atoms with Crippen LogP contribution in [-0.4, -0.2) is 41.7 Å². The van der Waals surface area contributed by atoms with Crippen molar-refractivity contribution < 1.29 is 27.8 Å². The van der Waals surface area contributed by atoms with Gasteiger partial charge in [0.15, 0.2) is 0 Å². The van der Waals surface area contributed by atoms with E-state index in [-0.39, 0.29) is 22.8 Å². The number of nitrogens with zero attached hydrogens (tertiary/aromatic N) is 2. The summed E-state index contributed by atoms with van der Waals surface area (Å²) in [5, 5.41) is 23.8. The third kappa shape index (κ3) is 8.19. The van der Waals surface area contributed by atoms with E-state index in [0.29, 0.717) is 5.76 Å². The van der Waals surface area contributed by atoms with Crippen molar-refractivity contribution in [3.8, 4) is 11.1 Å². The van der Waals surface area contributed by atoms with Gasteiger partial charge >= 0.3 is 5.97 Å². The molecule has 0 aliphatic heterocycles. The van der Waals surface area contributed by atoms with E-state index in [1.54, 1.807) is 36.9 Å². The lowest BCUT2D eigenvalue weighted by atomic mass is 10.1. The molecule has 4 rings (SSSR count). The zero-order chi connectivity index (χ0) is 25.8. The number of nitrogens with two attached hydrogens (primary N) is 1. The highest BCUT2D eigenvalue weighted by Crippen LogP contribution is 2.28. The zero-order valence-corrected chi connectivity index (χ0v) is 20.1. The standard InChI is InChI=1S/C12H11ClN2O5S.C10H8N2.CH4O/c13-9-5-10(15-6-7-2-1-3-20-7)8(12(16)17)4-11(9)21(14,18)19;1-5-11-6-2-9(1)10-3-7-12-8-4-10;1-2/h1-5,15H,6H2,(H,16,17)(H2,14,18,19);1-8H;2H,1H3. The quantitative estimate of drug-likeness (QED) is 0.297. The largest absolute Gasteiger partial charge is 0.478 e. The molecule has 5 N–H and O–H groups in total. The molecule has 0 fully saturated rings. The topological polar surface area (TPSA) is 169 Å². The van der Waals surface area contributed by atoms with Crippen LogP contribution in [0.3, 0.4) is 0 Å². The molecule has 0 radical (unpaired) electrons. The number of benzene rings is 1. The number of aliphatic hydroxyl groups is 1. The fraction of sp³-hybridized carbons (Fsp3) is 0.0870. The number of nitrogens with one attached hydrogen (secondary N) is 1. The van der Waals surface area contributed by atoms with Crippen LogP contribution >= 0.6 is 11.6 Å². The Kier molecular flexibility index (Phi) is 10.4. The Labute approximate surface area is 207 Å². The highest BCUT2D eigenvalue weighted by atomic mass is 35.5. The van der Waals surface area contributed by atoms with Crippen LogP contribution in [0.1, 0.15) is 16.1 Å². The molecular formula is C23H23ClN4O6S. The van der Waals surface area contributed by atoms with Crippen LogP contribution in [-0.2, 0) is 16.6 Å². The van der Waals surface area contributed by atoms with Crippen LogP contribution in [0, 0.1) is 0 Å². The minimum atomic E-state index is -4.11. The van der Waals surface area contributed by atoms with E-state index in [2.05, 4.69) is 15.3 Å². The van der Waals surface area contributed by atoms with Gasteiger partial charge in [-0.05, 0) is 59.7 Å². The van der Waals surface area contributed by atoms with Gasteiger partial charge in [-0.1, -0.05) is 11.6 Å². The molecule has 184 valence electrons. The monoisotopic (exact) mass is 518 g/mol. The highest BCUT2D eigenvalue weighted by molar-refractivity contribution is 7.89. The lowest BCUT2D eigenvalue weighted by Crippen LogP contribution is -2.15. The second-order valence-corrected chi connectivity index (χ2v) is 8.52. The van der Waals surface area contributed by atoms with E-state index in [1.807, 2.05) is 24.3 Å². The molecule has 0 amide bonds. The number of halogens is 1. The van der Waals surface area contributed by atoms with Crippen molar-refractivity contribution in [2.24, 2.45) is 5.14 Å². The third-order valence-corrected chi connectivity index (χ3v) is 5.71. The molecule has 10 nitrogen and oxygen atoms in total. The summed E-state index contributed by atoms with van der Waals surface area (Å²) in [5.74, 6) is -0.725. The predicted octanol–water partition coefficient (Wildman–Crippen LogP) is 3.64. The lowest BCUT2D eigenvalue weighted by molar-refractivity contribution is 0.0697. The highest BCUT2D eigenvalue weighted by Gasteiger charge is 2.20. The van der Waals surface area contributed by atoms with Crippen molar-refractivity contribution >= 4 is 33.3 Å². The molecule has 4 aromatic rings. The Morgan fingerprint density at radius 3 is 2.00 bits per heavy atom. The number of hydrogen-bond acceptors (Lipinski definition) is 8. The molecule has 0 spiro atoms. The number of primary sulfonamides is 1. The van der Waals surface area contributed by atoms with E-state index in [4.69, 9.17) is 31.4 Å². The summed E-state index contributed by atoms with van der Waals surface area (Å²) in [7, 11) is -3.11. The summed E-state index contributed by atoms with van der Waals surface area (Å²) in [6.07, 6.45) is 8.63. The second kappa shape index (κ2) is 13.2. The van der Waals surface area contributed by atoms with Gasteiger partial charge in [0.05, 0.1) is 29.1 Å². The van der Waals surface area contributed by atoms with Crippen LogP contribution in [0.4, 0.5) is 5.69 Å². The van der Waals surface area contributed by atoms with Gasteiger partial charge in [0, 0.05) is 31.9 Å². The smallest absolute Gasteiger partial charge is 0.337 e. The average molecular weight is 519 g/mol. The lowest BCUT2D eigenvalue weighted by Gasteiger charge is -2.11. The number of furan rings is 1. The molecule has 3 heterocycles. The number of carboxylic acid groups (broad SMARTS) is 1. The van der Waals surface area contributed by atoms with Crippen LogP contribution in [0.25, 0.3) is 11.1 Å². The number of rotatable bonds is 6. The van der Waals surface area contributed by atoms with Crippen molar-refractivity contribution in [2.75, 3.05) is 12.4 Å². The maximum atomic E-state index is 11.3. The van der Waals surface area contributed by atoms with Crippen LogP contribution < -0.4 is 10.5 Å². The summed E-state index contributed by atoms with van der Waals surface area (Å²) in [6.45, 7) is 0.221. The molecule has 0 aliphatic rings. The fourth-order valence-electron chi connectivity index (χ4n) is 2.78. The first-order valence-corrected chi connectivity index (χ1v) is 11.8. The molecule has 35 heavy (non-hydrogen) atoms. The number of sulfonamides is 1. The number of aromatic nitrogens is 2. The molecule has 12 heteroatoms. The summed E-state index contributed by atoms with van der Waals surface area (Å²) < 4.78 is 27.8. The molecule has 1 aromatic carbocycles. The van der Waals surface area contributed by atoms with Gasteiger partial charge in [-0.25, -0.2) is 18.4 Å². The van der Waals surface area contributed by atoms with Gasteiger partial charge in [-0.2, -0.15) is 0 Å². The molecular weight excluding hydrogens is 496 g/mol. The van der Waals surface area contributed by atoms with Gasteiger partial charge in [-0.3, -0.25) is 9.97 Å². The summed E-state index contributed by atoms with van der Waals surface area (Å²) in [6, 6.07) is 13.4. The SMILES string of the molecule is CO.NS(=O)(=O)c1cc(C(=O)O)c(NCc2ccco2)cc1Cl.c1cc(-c2ccncc2)ccn1. The van der Waals surface area contributed by atoms with Crippen molar-refractivity contribution in [1.82, 2.24) is 9.97 Å². The Balaban J connectivity index is 0.000000260. The summed E-state index contributed by atoms with van der Waals surface area (Å²) in [5.41, 5.74) is 2.26. The second-order valence-electron chi connectivity index (χ2n) is 6.58. The van der Waals surface area contributed by atoms with Crippen LogP contribution in [0.15, 0.2) is 88.9 Å². The van der Waals surface area contributed by atoms with Gasteiger partial charge < -0.3 is 19.9 Å². The Bertz CT molecular complexity index is 1280. The first kappa shape index (κ1) is 27.5. The number of pyridine rings is 2. The Hall–Kier alpha value is -3.77. The first-order valence-electron chi connectivity index (χ1n) is 9.86. The predicted molar refractivity (Wildman–Crippen MR) is 131 cm³/mol. The maximum absolute atomic E-state index is 11.3. The number of hydrogen-bond donors (Lipinski definition) is 4. The van der Waals surface area contributed by atoms with E-state index in [1.165, 1.54) is 23.5 Å². The van der Waals surface area contributed by atoms with Gasteiger partial charge in [0.2, 0.25) is 10.0 Å². The van der Waals surface area contributed by atoms with E-state index < -0.39 is 20.9 Å². The molecule has 3 aromatic heterocycles. The van der Waals surface area contributed by atoms with E-state index in [0.717, 1.165) is 13.2 Å². The van der Waals surface area contributed by atoms with E-state index in [9.17, 15) is 13.2 Å². The van der Waals surface area contributed by atoms with Crippen molar-refractivity contribution in [1.29, 1.82) is 0 Å². The summed E-state index contributed by atoms with van der Waals surface area (Å²) in [4.78, 5) is 18.7. The van der Waals surface area contributed by atoms with Crippen molar-refractivity contribution in [3.05, 3.63) is 95.9 Å². The Morgan fingerprint density at radius 1 is 1.03 bits per heavy atom. The minimum absolute atomic E-state index is 0.163. The Morgan fingerprint density at radius 2 is 1.57 bits per heavy atom. The van der Waals surface area contributed by atoms with Crippen molar-refractivity contribution in [3.63, 3.8) is 0 Å². The average Bonchev–Trinajstić information content (AvgIpc) is 3.38. The van der Waals surface area contributed by atoms with Crippen molar-refractivity contribution in [2.45, 2.75) is 11.4 Å². The molecule has 0 aliphatic carbocycles. The number of anilines is 1. The number of aromatic carboxylic acids is 1. The van der Waals surface area contributed by atoms with Gasteiger partial charge in [0.1, 0.15) is 10.7 Å². The molecule has 0 saturated carbocycles. The van der Waals surface area contributed by atoms with E-state index >= 15 is 0 Å². The van der Waals surface area contributed by atoms with Gasteiger partial charge in [0.25, 0.3) is 0 Å². The van der Waals surface area contributed by atoms with Crippen LogP contribution in [0.2, 0.25) is 5.02 Å².